The van der Waals surface area contributed by atoms with Crippen LogP contribution in [0.5, 0.6) is 0 Å². The summed E-state index contributed by atoms with van der Waals surface area (Å²) in [5.41, 5.74) is -2.03. The van der Waals surface area contributed by atoms with E-state index >= 15 is 0 Å². The second kappa shape index (κ2) is 5.88. The van der Waals surface area contributed by atoms with Gasteiger partial charge in [-0.15, -0.1) is 0 Å². The first-order chi connectivity index (χ1) is 12.7. The summed E-state index contributed by atoms with van der Waals surface area (Å²) in [7, 11) is 1.42. The number of ether oxygens (including phenoxy) is 1. The van der Waals surface area contributed by atoms with E-state index < -0.39 is 40.8 Å². The summed E-state index contributed by atoms with van der Waals surface area (Å²) in [5, 5.41) is 0. The van der Waals surface area contributed by atoms with Crippen LogP contribution in [0.1, 0.15) is 22.6 Å². The number of aromatic nitrogens is 1. The zero-order valence-electron chi connectivity index (χ0n) is 13.8. The molecule has 0 saturated carbocycles. The monoisotopic (exact) mass is 384 g/mol. The Labute approximate surface area is 149 Å². The number of carbonyl (C=O) groups excluding carboxylic acids is 1. The fourth-order valence-electron chi connectivity index (χ4n) is 3.59. The minimum Gasteiger partial charge on any atom is -0.368 e. The molecule has 0 amide bonds. The van der Waals surface area contributed by atoms with Crippen LogP contribution < -0.4 is 5.63 Å². The summed E-state index contributed by atoms with van der Waals surface area (Å²) in [6.45, 7) is -0.250. The van der Waals surface area contributed by atoms with Crippen LogP contribution in [0.25, 0.3) is 0 Å². The molecule has 0 bridgehead atoms. The van der Waals surface area contributed by atoms with Gasteiger partial charge in [-0.2, -0.15) is 17.9 Å². The third-order valence-electron chi connectivity index (χ3n) is 4.73. The standard InChI is InChI=1S/C17H12F4N2O4/c1-23-15-14(16(25)27-23)12(13-10(22-15)5-26-6-11(13)24)7-2-3-9(18)8(4-7)17(19,20)21/h2-4,12-13H,5-6H2,1H3. The Kier molecular flexibility index (Phi) is 3.84. The molecule has 10 heteroatoms. The number of Topliss-reactive ketones (excluding diaryl/α,β-unsaturated/α-hetero) is 1. The number of hydrogen-bond acceptors (Lipinski definition) is 5. The number of rotatable bonds is 1. The molecule has 0 N–H and O–H groups in total. The maximum Gasteiger partial charge on any atom is 0.419 e. The fraction of sp³-hybridized carbons (Fsp3) is 0.353. The Morgan fingerprint density at radius 2 is 1.93 bits per heavy atom. The van der Waals surface area contributed by atoms with Crippen molar-refractivity contribution >= 4 is 17.3 Å². The first-order valence-electron chi connectivity index (χ1n) is 7.93. The van der Waals surface area contributed by atoms with Crippen molar-refractivity contribution in [3.05, 3.63) is 51.1 Å². The maximum atomic E-state index is 13.7. The second-order valence-corrected chi connectivity index (χ2v) is 6.37. The van der Waals surface area contributed by atoms with E-state index in [9.17, 15) is 27.2 Å². The van der Waals surface area contributed by atoms with Gasteiger partial charge in [-0.25, -0.2) is 14.2 Å². The van der Waals surface area contributed by atoms with E-state index in [-0.39, 0.29) is 35.9 Å². The van der Waals surface area contributed by atoms with Crippen molar-refractivity contribution in [2.24, 2.45) is 18.0 Å². The van der Waals surface area contributed by atoms with Gasteiger partial charge in [0.2, 0.25) is 0 Å². The predicted octanol–water partition coefficient (Wildman–Crippen LogP) is 2.57. The van der Waals surface area contributed by atoms with Crippen LogP contribution in [0, 0.1) is 11.7 Å². The van der Waals surface area contributed by atoms with Crippen LogP contribution in [0.3, 0.4) is 0 Å². The van der Waals surface area contributed by atoms with Gasteiger partial charge in [0.25, 0.3) is 0 Å². The largest absolute Gasteiger partial charge is 0.419 e. The topological polar surface area (TPSA) is 73.8 Å². The zero-order valence-corrected chi connectivity index (χ0v) is 13.8. The molecule has 1 aromatic carbocycles. The molecule has 2 atom stereocenters. The highest BCUT2D eigenvalue weighted by Gasteiger charge is 2.45. The third-order valence-corrected chi connectivity index (χ3v) is 4.73. The van der Waals surface area contributed by atoms with E-state index in [0.29, 0.717) is 12.1 Å². The number of aliphatic imine (C=N–C) groups is 1. The summed E-state index contributed by atoms with van der Waals surface area (Å²) in [4.78, 5) is 29.0. The van der Waals surface area contributed by atoms with Crippen molar-refractivity contribution in [2.45, 2.75) is 12.1 Å². The van der Waals surface area contributed by atoms with Gasteiger partial charge in [0.15, 0.2) is 11.6 Å². The number of halogens is 4. The van der Waals surface area contributed by atoms with E-state index in [0.717, 1.165) is 10.8 Å². The molecule has 27 heavy (non-hydrogen) atoms. The molecule has 2 aliphatic rings. The van der Waals surface area contributed by atoms with Crippen LogP contribution in [0.2, 0.25) is 0 Å². The SMILES string of the molecule is Cn1oc(=O)c2c1N=C1COCC(=O)C1C2c1ccc(F)c(C(F)(F)F)c1. The highest BCUT2D eigenvalue weighted by molar-refractivity contribution is 6.11. The lowest BCUT2D eigenvalue weighted by Gasteiger charge is -2.33. The number of alkyl halides is 3. The van der Waals surface area contributed by atoms with Gasteiger partial charge in [-0.05, 0) is 17.7 Å². The third kappa shape index (κ3) is 2.71. The van der Waals surface area contributed by atoms with E-state index in [1.54, 1.807) is 0 Å². The molecule has 0 spiro atoms. The van der Waals surface area contributed by atoms with Crippen LogP contribution >= 0.6 is 0 Å². The lowest BCUT2D eigenvalue weighted by atomic mass is 9.74. The Hall–Kier alpha value is -2.75. The Morgan fingerprint density at radius 3 is 2.63 bits per heavy atom. The maximum absolute atomic E-state index is 13.7. The smallest absolute Gasteiger partial charge is 0.368 e. The minimum absolute atomic E-state index is 0.000953. The average Bonchev–Trinajstić information content (AvgIpc) is 2.87. The molecule has 2 aliphatic heterocycles. The average molecular weight is 384 g/mol. The molecule has 0 aliphatic carbocycles. The van der Waals surface area contributed by atoms with E-state index in [1.807, 2.05) is 0 Å². The lowest BCUT2D eigenvalue weighted by molar-refractivity contribution is -0.140. The number of ketones is 1. The summed E-state index contributed by atoms with van der Waals surface area (Å²) < 4.78 is 64.4. The van der Waals surface area contributed by atoms with Gasteiger partial charge in [-0.3, -0.25) is 4.79 Å². The number of fused-ring (bicyclic) bond motifs is 2. The van der Waals surface area contributed by atoms with Crippen molar-refractivity contribution in [3.8, 4) is 0 Å². The molecule has 1 saturated heterocycles. The molecule has 142 valence electrons. The molecule has 1 fully saturated rings. The first kappa shape index (κ1) is 17.7. The normalized spacial score (nSPS) is 22.3. The van der Waals surface area contributed by atoms with Gasteiger partial charge in [0.05, 0.1) is 29.4 Å². The molecule has 2 aromatic rings. The van der Waals surface area contributed by atoms with Gasteiger partial charge in [0.1, 0.15) is 12.4 Å². The molecule has 0 radical (unpaired) electrons. The van der Waals surface area contributed by atoms with Crippen LogP contribution in [-0.4, -0.2) is 29.4 Å². The van der Waals surface area contributed by atoms with Crippen molar-refractivity contribution in [2.75, 3.05) is 13.2 Å². The van der Waals surface area contributed by atoms with Crippen LogP contribution in [-0.2, 0) is 22.8 Å². The quantitative estimate of drug-likeness (QED) is 0.709. The molecular weight excluding hydrogens is 372 g/mol. The van der Waals surface area contributed by atoms with Crippen molar-refractivity contribution in [1.82, 2.24) is 4.74 Å². The zero-order chi connectivity index (χ0) is 19.5. The highest BCUT2D eigenvalue weighted by atomic mass is 19.4. The Bertz CT molecular complexity index is 1030. The van der Waals surface area contributed by atoms with Crippen LogP contribution in [0.15, 0.2) is 32.5 Å². The Balaban J connectivity index is 1.97. The fourth-order valence-corrected chi connectivity index (χ4v) is 3.59. The number of benzene rings is 1. The predicted molar refractivity (Wildman–Crippen MR) is 83.6 cm³/mol. The van der Waals surface area contributed by atoms with Gasteiger partial charge < -0.3 is 9.26 Å². The minimum atomic E-state index is -4.92. The van der Waals surface area contributed by atoms with E-state index in [1.165, 1.54) is 7.05 Å². The van der Waals surface area contributed by atoms with Gasteiger partial charge in [0, 0.05) is 13.0 Å². The lowest BCUT2D eigenvalue weighted by Crippen LogP contribution is -2.43. The second-order valence-electron chi connectivity index (χ2n) is 6.37. The van der Waals surface area contributed by atoms with E-state index in [2.05, 4.69) is 4.99 Å². The summed E-state index contributed by atoms with van der Waals surface area (Å²) in [6.07, 6.45) is -4.92. The summed E-state index contributed by atoms with van der Waals surface area (Å²) >= 11 is 0. The molecule has 1 aromatic heterocycles. The number of nitrogens with zero attached hydrogens (tertiary/aromatic N) is 2. The highest BCUT2D eigenvalue weighted by Crippen LogP contribution is 2.44. The molecular formula is C17H12F4N2O4. The van der Waals surface area contributed by atoms with Crippen LogP contribution in [0.4, 0.5) is 23.4 Å². The number of aryl methyl sites for hydroxylation is 1. The van der Waals surface area contributed by atoms with Crippen molar-refractivity contribution < 1.29 is 31.6 Å². The molecule has 3 heterocycles. The van der Waals surface area contributed by atoms with Crippen molar-refractivity contribution in [3.63, 3.8) is 0 Å². The number of hydrogen-bond donors (Lipinski definition) is 0. The molecule has 6 nitrogen and oxygen atoms in total. The van der Waals surface area contributed by atoms with Gasteiger partial charge >= 0.3 is 11.8 Å². The summed E-state index contributed by atoms with van der Waals surface area (Å²) in [6, 6.07) is 2.44. The van der Waals surface area contributed by atoms with Crippen molar-refractivity contribution in [1.29, 1.82) is 0 Å². The van der Waals surface area contributed by atoms with E-state index in [4.69, 9.17) is 9.26 Å². The Morgan fingerprint density at radius 1 is 1.19 bits per heavy atom. The number of carbonyl (C=O) groups is 1. The summed E-state index contributed by atoms with van der Waals surface area (Å²) in [5.74, 6) is -3.79. The molecule has 2 unspecified atom stereocenters. The van der Waals surface area contributed by atoms with Gasteiger partial charge in [-0.1, -0.05) is 6.07 Å². The first-order valence-corrected chi connectivity index (χ1v) is 7.93. The molecule has 4 rings (SSSR count).